The fourth-order valence-electron chi connectivity index (χ4n) is 5.61. The van der Waals surface area contributed by atoms with Gasteiger partial charge in [0.2, 0.25) is 0 Å². The molecule has 5 rings (SSSR count). The minimum Gasteiger partial charge on any atom is -0.463 e. The molecule has 0 aromatic rings. The lowest BCUT2D eigenvalue weighted by molar-refractivity contribution is -0.151. The van der Waals surface area contributed by atoms with Crippen molar-refractivity contribution in [2.45, 2.75) is 65.2 Å². The van der Waals surface area contributed by atoms with Crippen LogP contribution < -0.4 is 0 Å². The first-order valence-corrected chi connectivity index (χ1v) is 11.5. The average Bonchev–Trinajstić information content (AvgIpc) is 3.06. The molecule has 0 bridgehead atoms. The summed E-state index contributed by atoms with van der Waals surface area (Å²) in [6.07, 6.45) is 4.86. The molecule has 0 amide bonds. The molecule has 0 spiro atoms. The Bertz CT molecular complexity index is 1080. The van der Waals surface area contributed by atoms with Gasteiger partial charge in [0.05, 0.1) is 35.5 Å². The third kappa shape index (κ3) is 3.69. The van der Waals surface area contributed by atoms with Gasteiger partial charge < -0.3 is 14.2 Å². The highest BCUT2D eigenvalue weighted by atomic mass is 16.6. The lowest BCUT2D eigenvalue weighted by atomic mass is 9.69. The summed E-state index contributed by atoms with van der Waals surface area (Å²) in [6.45, 7) is 4.00. The number of ether oxygens (including phenoxy) is 3. The Kier molecular flexibility index (Phi) is 5.43. The van der Waals surface area contributed by atoms with Crippen molar-refractivity contribution in [3.8, 4) is 0 Å². The van der Waals surface area contributed by atoms with E-state index in [1.54, 1.807) is 13.8 Å². The van der Waals surface area contributed by atoms with Gasteiger partial charge in [0.15, 0.2) is 0 Å². The molecule has 172 valence electrons. The SMILES string of the molecule is CCOC(=O)C1=C(C(=O)OCC)CC2=C(CC3=C(C2)CC2=C(C3)CC3=C(C2)C(=O)OC3=O)C1. The van der Waals surface area contributed by atoms with E-state index in [1.807, 2.05) is 0 Å². The summed E-state index contributed by atoms with van der Waals surface area (Å²) in [7, 11) is 0. The van der Waals surface area contributed by atoms with Gasteiger partial charge in [0, 0.05) is 25.7 Å². The van der Waals surface area contributed by atoms with Crippen molar-refractivity contribution in [1.29, 1.82) is 0 Å². The van der Waals surface area contributed by atoms with E-state index in [0.29, 0.717) is 48.0 Å². The molecule has 0 fully saturated rings. The molecule has 7 heteroatoms. The third-order valence-corrected chi connectivity index (χ3v) is 7.22. The lowest BCUT2D eigenvalue weighted by Gasteiger charge is -2.35. The number of hydrogen-bond donors (Lipinski definition) is 0. The number of cyclic esters (lactones) is 2. The fourth-order valence-corrected chi connectivity index (χ4v) is 5.61. The van der Waals surface area contributed by atoms with E-state index in [4.69, 9.17) is 14.2 Å². The molecule has 0 radical (unpaired) electrons. The topological polar surface area (TPSA) is 96.0 Å². The largest absolute Gasteiger partial charge is 0.463 e. The van der Waals surface area contributed by atoms with Crippen LogP contribution in [0.5, 0.6) is 0 Å². The molecule has 0 aromatic heterocycles. The Hall–Kier alpha value is -3.22. The number of carbonyl (C=O) groups is 4. The van der Waals surface area contributed by atoms with Gasteiger partial charge in [-0.1, -0.05) is 33.4 Å². The molecule has 7 nitrogen and oxygen atoms in total. The maximum atomic E-state index is 12.6. The highest BCUT2D eigenvalue weighted by Gasteiger charge is 2.40. The van der Waals surface area contributed by atoms with E-state index in [2.05, 4.69) is 0 Å². The van der Waals surface area contributed by atoms with Gasteiger partial charge in [-0.15, -0.1) is 0 Å². The number of esters is 4. The predicted octanol–water partition coefficient (Wildman–Crippen LogP) is 3.85. The molecular formula is C26H26O7. The summed E-state index contributed by atoms with van der Waals surface area (Å²) in [5.41, 5.74) is 9.31. The molecule has 0 unspecified atom stereocenters. The molecular weight excluding hydrogens is 424 g/mol. The van der Waals surface area contributed by atoms with E-state index in [0.717, 1.165) is 25.7 Å². The Morgan fingerprint density at radius 1 is 0.606 bits per heavy atom. The van der Waals surface area contributed by atoms with E-state index in [-0.39, 0.29) is 13.2 Å². The summed E-state index contributed by atoms with van der Waals surface area (Å²) >= 11 is 0. The Balaban J connectivity index is 1.36. The van der Waals surface area contributed by atoms with Crippen LogP contribution in [0.15, 0.2) is 55.7 Å². The number of rotatable bonds is 4. The maximum absolute atomic E-state index is 12.6. The predicted molar refractivity (Wildman–Crippen MR) is 116 cm³/mol. The van der Waals surface area contributed by atoms with Crippen molar-refractivity contribution in [1.82, 2.24) is 0 Å². The highest BCUT2D eigenvalue weighted by molar-refractivity contribution is 6.13. The van der Waals surface area contributed by atoms with Crippen molar-refractivity contribution >= 4 is 23.9 Å². The lowest BCUT2D eigenvalue weighted by Crippen LogP contribution is -2.24. The minimum absolute atomic E-state index is 0.249. The molecule has 0 N–H and O–H groups in total. The molecule has 1 heterocycles. The van der Waals surface area contributed by atoms with Gasteiger partial charge in [-0.05, 0) is 39.5 Å². The number of allylic oxidation sites excluding steroid dienone is 6. The van der Waals surface area contributed by atoms with Gasteiger partial charge in [-0.3, -0.25) is 0 Å². The molecule has 0 atom stereocenters. The van der Waals surface area contributed by atoms with Crippen LogP contribution in [0.2, 0.25) is 0 Å². The van der Waals surface area contributed by atoms with E-state index in [9.17, 15) is 19.2 Å². The second-order valence-electron chi connectivity index (χ2n) is 9.07. The molecule has 0 aromatic carbocycles. The van der Waals surface area contributed by atoms with Crippen LogP contribution in [0.3, 0.4) is 0 Å². The van der Waals surface area contributed by atoms with E-state index in [1.165, 1.54) is 33.4 Å². The van der Waals surface area contributed by atoms with Crippen molar-refractivity contribution in [3.63, 3.8) is 0 Å². The van der Waals surface area contributed by atoms with Gasteiger partial charge in [0.1, 0.15) is 0 Å². The summed E-state index contributed by atoms with van der Waals surface area (Å²) < 4.78 is 15.3. The second-order valence-corrected chi connectivity index (χ2v) is 9.07. The molecule has 4 aliphatic carbocycles. The standard InChI is InChI=1S/C26H26O7/c1-3-31-23(27)19-9-15-5-13-7-17-11-21-22(26(30)33-25(21)29)12-18(17)8-14(13)6-16(15)10-20(19)24(28)32-4-2/h3-12H2,1-2H3. The molecule has 33 heavy (non-hydrogen) atoms. The monoisotopic (exact) mass is 450 g/mol. The van der Waals surface area contributed by atoms with E-state index < -0.39 is 23.9 Å². The van der Waals surface area contributed by atoms with Crippen LogP contribution in [0, 0.1) is 0 Å². The fraction of sp³-hybridized carbons (Fsp3) is 0.462. The van der Waals surface area contributed by atoms with Crippen LogP contribution in [0.1, 0.15) is 65.2 Å². The Morgan fingerprint density at radius 3 is 1.30 bits per heavy atom. The van der Waals surface area contributed by atoms with Crippen molar-refractivity contribution < 1.29 is 33.4 Å². The van der Waals surface area contributed by atoms with Crippen LogP contribution in [0.4, 0.5) is 0 Å². The van der Waals surface area contributed by atoms with Crippen molar-refractivity contribution in [3.05, 3.63) is 55.7 Å². The third-order valence-electron chi connectivity index (χ3n) is 7.22. The quantitative estimate of drug-likeness (QED) is 0.278. The van der Waals surface area contributed by atoms with Crippen molar-refractivity contribution in [2.24, 2.45) is 0 Å². The molecule has 5 aliphatic rings. The minimum atomic E-state index is -0.502. The van der Waals surface area contributed by atoms with Gasteiger partial charge in [0.25, 0.3) is 0 Å². The van der Waals surface area contributed by atoms with Gasteiger partial charge >= 0.3 is 23.9 Å². The molecule has 1 aliphatic heterocycles. The van der Waals surface area contributed by atoms with Gasteiger partial charge in [-0.25, -0.2) is 19.2 Å². The average molecular weight is 450 g/mol. The zero-order valence-corrected chi connectivity index (χ0v) is 18.9. The number of carbonyl (C=O) groups excluding carboxylic acids is 4. The molecule has 0 saturated heterocycles. The summed E-state index contributed by atoms with van der Waals surface area (Å²) in [4.78, 5) is 49.3. The Labute approximate surface area is 191 Å². The van der Waals surface area contributed by atoms with Crippen LogP contribution in [0.25, 0.3) is 0 Å². The number of hydrogen-bond acceptors (Lipinski definition) is 7. The first-order valence-electron chi connectivity index (χ1n) is 11.5. The zero-order valence-electron chi connectivity index (χ0n) is 18.9. The van der Waals surface area contributed by atoms with E-state index >= 15 is 0 Å². The summed E-state index contributed by atoms with van der Waals surface area (Å²) in [5, 5.41) is 0. The summed E-state index contributed by atoms with van der Waals surface area (Å²) in [6, 6.07) is 0. The maximum Gasteiger partial charge on any atom is 0.342 e. The first-order chi connectivity index (χ1) is 15.9. The molecule has 0 saturated carbocycles. The normalized spacial score (nSPS) is 22.1. The zero-order chi connectivity index (χ0) is 23.3. The van der Waals surface area contributed by atoms with Crippen LogP contribution >= 0.6 is 0 Å². The smallest absolute Gasteiger partial charge is 0.342 e. The van der Waals surface area contributed by atoms with Crippen LogP contribution in [-0.2, 0) is 33.4 Å². The highest BCUT2D eigenvalue weighted by Crippen LogP contribution is 2.50. The second kappa shape index (κ2) is 8.28. The van der Waals surface area contributed by atoms with Gasteiger partial charge in [-0.2, -0.15) is 0 Å². The van der Waals surface area contributed by atoms with Crippen LogP contribution in [-0.4, -0.2) is 37.1 Å². The van der Waals surface area contributed by atoms with Crippen molar-refractivity contribution in [2.75, 3.05) is 13.2 Å². The summed E-state index contributed by atoms with van der Waals surface area (Å²) in [5.74, 6) is -1.90. The Morgan fingerprint density at radius 2 is 0.939 bits per heavy atom. The first kappa shape index (κ1) is 21.6.